The van der Waals surface area contributed by atoms with Gasteiger partial charge in [-0.25, -0.2) is 0 Å². The molecule has 1 saturated heterocycles. The first-order valence-electron chi connectivity index (χ1n) is 5.04. The minimum Gasteiger partial charge on any atom is -0.481 e. The smallest absolute Gasteiger partial charge is 0.312 e. The molecule has 0 aromatic rings. The molecule has 0 aromatic carbocycles. The SMILES string of the molecule is CC1(C)CC(NC(=O)CC(=O)O)CCO1. The van der Waals surface area contributed by atoms with Crippen molar-refractivity contribution in [3.8, 4) is 0 Å². The molecule has 1 aliphatic rings. The van der Waals surface area contributed by atoms with E-state index < -0.39 is 18.3 Å². The van der Waals surface area contributed by atoms with Crippen LogP contribution in [0.25, 0.3) is 0 Å². The Bertz CT molecular complexity index is 262. The summed E-state index contributed by atoms with van der Waals surface area (Å²) in [6.07, 6.45) is 1.00. The van der Waals surface area contributed by atoms with Gasteiger partial charge in [-0.05, 0) is 26.7 Å². The molecule has 5 heteroatoms. The fourth-order valence-electron chi connectivity index (χ4n) is 1.77. The van der Waals surface area contributed by atoms with Gasteiger partial charge >= 0.3 is 5.97 Å². The van der Waals surface area contributed by atoms with Crippen molar-refractivity contribution in [2.24, 2.45) is 0 Å². The predicted octanol–water partition coefficient (Wildman–Crippen LogP) is 0.535. The molecule has 1 aliphatic heterocycles. The molecule has 15 heavy (non-hydrogen) atoms. The van der Waals surface area contributed by atoms with Crippen molar-refractivity contribution in [2.45, 2.75) is 44.8 Å². The maximum Gasteiger partial charge on any atom is 0.312 e. The van der Waals surface area contributed by atoms with Crippen molar-refractivity contribution in [3.05, 3.63) is 0 Å². The molecule has 0 radical (unpaired) electrons. The molecule has 5 nitrogen and oxygen atoms in total. The van der Waals surface area contributed by atoms with E-state index in [9.17, 15) is 9.59 Å². The molecule has 1 amide bonds. The van der Waals surface area contributed by atoms with Crippen LogP contribution in [0.15, 0.2) is 0 Å². The first-order valence-corrected chi connectivity index (χ1v) is 5.04. The van der Waals surface area contributed by atoms with Gasteiger partial charge in [0.15, 0.2) is 0 Å². The molecule has 1 rings (SSSR count). The highest BCUT2D eigenvalue weighted by Crippen LogP contribution is 2.23. The van der Waals surface area contributed by atoms with Crippen LogP contribution in [0.4, 0.5) is 0 Å². The number of ether oxygens (including phenoxy) is 1. The molecule has 0 spiro atoms. The van der Waals surface area contributed by atoms with E-state index in [2.05, 4.69) is 5.32 Å². The summed E-state index contributed by atoms with van der Waals surface area (Å²) in [5.74, 6) is -1.52. The number of aliphatic carboxylic acids is 1. The molecule has 1 unspecified atom stereocenters. The Morgan fingerprint density at radius 2 is 2.20 bits per heavy atom. The maximum atomic E-state index is 11.2. The Morgan fingerprint density at radius 3 is 2.73 bits per heavy atom. The van der Waals surface area contributed by atoms with E-state index in [0.717, 1.165) is 12.8 Å². The molecule has 1 heterocycles. The van der Waals surface area contributed by atoms with Gasteiger partial charge < -0.3 is 15.2 Å². The van der Waals surface area contributed by atoms with Crippen LogP contribution in [0, 0.1) is 0 Å². The Hall–Kier alpha value is -1.10. The van der Waals surface area contributed by atoms with Crippen molar-refractivity contribution in [3.63, 3.8) is 0 Å². The first kappa shape index (κ1) is 12.0. The van der Waals surface area contributed by atoms with Crippen molar-refractivity contribution in [1.82, 2.24) is 5.32 Å². The van der Waals surface area contributed by atoms with Gasteiger partial charge in [0.2, 0.25) is 5.91 Å². The molecule has 86 valence electrons. The second-order valence-electron chi connectivity index (χ2n) is 4.44. The highest BCUT2D eigenvalue weighted by atomic mass is 16.5. The van der Waals surface area contributed by atoms with Crippen LogP contribution in [0.2, 0.25) is 0 Å². The van der Waals surface area contributed by atoms with E-state index >= 15 is 0 Å². The molecule has 1 fully saturated rings. The first-order chi connectivity index (χ1) is 6.89. The molecule has 2 N–H and O–H groups in total. The number of hydrogen-bond donors (Lipinski definition) is 2. The normalized spacial score (nSPS) is 24.5. The second-order valence-corrected chi connectivity index (χ2v) is 4.44. The largest absolute Gasteiger partial charge is 0.481 e. The summed E-state index contributed by atoms with van der Waals surface area (Å²) in [5, 5.41) is 11.1. The van der Waals surface area contributed by atoms with Crippen LogP contribution < -0.4 is 5.32 Å². The van der Waals surface area contributed by atoms with E-state index in [1.54, 1.807) is 0 Å². The van der Waals surface area contributed by atoms with Crippen LogP contribution in [0.3, 0.4) is 0 Å². The van der Waals surface area contributed by atoms with E-state index in [4.69, 9.17) is 9.84 Å². The molecule has 0 aliphatic carbocycles. The van der Waals surface area contributed by atoms with E-state index in [1.807, 2.05) is 13.8 Å². The summed E-state index contributed by atoms with van der Waals surface area (Å²) in [6.45, 7) is 4.52. The van der Waals surface area contributed by atoms with Gasteiger partial charge in [-0.15, -0.1) is 0 Å². The monoisotopic (exact) mass is 215 g/mol. The maximum absolute atomic E-state index is 11.2. The molecule has 0 bridgehead atoms. The lowest BCUT2D eigenvalue weighted by molar-refractivity contribution is -0.141. The summed E-state index contributed by atoms with van der Waals surface area (Å²) in [4.78, 5) is 21.5. The van der Waals surface area contributed by atoms with Crippen molar-refractivity contribution >= 4 is 11.9 Å². The third-order valence-corrected chi connectivity index (χ3v) is 2.37. The summed E-state index contributed by atoms with van der Waals surface area (Å²) >= 11 is 0. The van der Waals surface area contributed by atoms with Gasteiger partial charge in [0.25, 0.3) is 0 Å². The van der Waals surface area contributed by atoms with Crippen LogP contribution in [-0.2, 0) is 14.3 Å². The Labute approximate surface area is 88.8 Å². The van der Waals surface area contributed by atoms with Crippen LogP contribution in [0.1, 0.15) is 33.1 Å². The second kappa shape index (κ2) is 4.61. The Balaban J connectivity index is 2.38. The zero-order valence-corrected chi connectivity index (χ0v) is 9.08. The zero-order chi connectivity index (χ0) is 11.5. The van der Waals surface area contributed by atoms with E-state index in [-0.39, 0.29) is 11.6 Å². The van der Waals surface area contributed by atoms with Crippen molar-refractivity contribution < 1.29 is 19.4 Å². The van der Waals surface area contributed by atoms with Gasteiger partial charge in [-0.1, -0.05) is 0 Å². The highest BCUT2D eigenvalue weighted by Gasteiger charge is 2.29. The zero-order valence-electron chi connectivity index (χ0n) is 9.08. The third-order valence-electron chi connectivity index (χ3n) is 2.37. The third kappa shape index (κ3) is 4.29. The molecular weight excluding hydrogens is 198 g/mol. The lowest BCUT2D eigenvalue weighted by atomic mass is 9.94. The Kier molecular flexibility index (Phi) is 3.68. The number of hydrogen-bond acceptors (Lipinski definition) is 3. The highest BCUT2D eigenvalue weighted by molar-refractivity contribution is 5.93. The minimum atomic E-state index is -1.10. The number of rotatable bonds is 3. The average Bonchev–Trinajstić information content (AvgIpc) is 1.99. The van der Waals surface area contributed by atoms with Gasteiger partial charge in [0.1, 0.15) is 6.42 Å². The predicted molar refractivity (Wildman–Crippen MR) is 53.4 cm³/mol. The average molecular weight is 215 g/mol. The van der Waals surface area contributed by atoms with Crippen LogP contribution in [0.5, 0.6) is 0 Å². The number of carbonyl (C=O) groups is 2. The Morgan fingerprint density at radius 1 is 1.53 bits per heavy atom. The van der Waals surface area contributed by atoms with Gasteiger partial charge in [-0.2, -0.15) is 0 Å². The summed E-state index contributed by atoms with van der Waals surface area (Å²) in [7, 11) is 0. The van der Waals surface area contributed by atoms with Crippen LogP contribution >= 0.6 is 0 Å². The van der Waals surface area contributed by atoms with Gasteiger partial charge in [0, 0.05) is 12.6 Å². The van der Waals surface area contributed by atoms with Crippen molar-refractivity contribution in [1.29, 1.82) is 0 Å². The molecular formula is C10H17NO4. The number of carboxylic acids is 1. The lowest BCUT2D eigenvalue weighted by Crippen LogP contribution is -2.46. The standard InChI is InChI=1S/C10H17NO4/c1-10(2)6-7(3-4-15-10)11-8(12)5-9(13)14/h7H,3-6H2,1-2H3,(H,11,12)(H,13,14). The molecule has 1 atom stereocenters. The fourth-order valence-corrected chi connectivity index (χ4v) is 1.77. The molecule has 0 saturated carbocycles. The summed E-state index contributed by atoms with van der Waals surface area (Å²) in [6, 6.07) is 0.0283. The topological polar surface area (TPSA) is 75.6 Å². The number of carboxylic acid groups (broad SMARTS) is 1. The quantitative estimate of drug-likeness (QED) is 0.673. The molecule has 0 aromatic heterocycles. The summed E-state index contributed by atoms with van der Waals surface area (Å²) in [5.41, 5.74) is -0.237. The van der Waals surface area contributed by atoms with Gasteiger partial charge in [0.05, 0.1) is 5.60 Å². The summed E-state index contributed by atoms with van der Waals surface area (Å²) < 4.78 is 5.49. The fraction of sp³-hybridized carbons (Fsp3) is 0.800. The van der Waals surface area contributed by atoms with Gasteiger partial charge in [-0.3, -0.25) is 9.59 Å². The number of nitrogens with one attached hydrogen (secondary N) is 1. The van der Waals surface area contributed by atoms with E-state index in [0.29, 0.717) is 6.61 Å². The number of amides is 1. The van der Waals surface area contributed by atoms with Crippen molar-refractivity contribution in [2.75, 3.05) is 6.61 Å². The minimum absolute atomic E-state index is 0.0283. The number of carbonyl (C=O) groups excluding carboxylic acids is 1. The van der Waals surface area contributed by atoms with E-state index in [1.165, 1.54) is 0 Å². The lowest BCUT2D eigenvalue weighted by Gasteiger charge is -2.35. The van der Waals surface area contributed by atoms with Crippen LogP contribution in [-0.4, -0.2) is 35.2 Å².